The van der Waals surface area contributed by atoms with Crippen LogP contribution in [0.3, 0.4) is 0 Å². The molecule has 18 heavy (non-hydrogen) atoms. The van der Waals surface area contributed by atoms with E-state index >= 15 is 0 Å². The first-order valence-corrected chi connectivity index (χ1v) is 6.01. The predicted molar refractivity (Wildman–Crippen MR) is 76.3 cm³/mol. The van der Waals surface area contributed by atoms with Crippen molar-refractivity contribution in [2.75, 3.05) is 0 Å². The van der Waals surface area contributed by atoms with Gasteiger partial charge in [0.1, 0.15) is 0 Å². The summed E-state index contributed by atoms with van der Waals surface area (Å²) in [4.78, 5) is 0. The summed E-state index contributed by atoms with van der Waals surface area (Å²) in [5, 5.41) is 23.3. The van der Waals surface area contributed by atoms with Crippen molar-refractivity contribution in [3.8, 4) is 0 Å². The van der Waals surface area contributed by atoms with Crippen LogP contribution >= 0.6 is 11.6 Å². The molecule has 3 aromatic rings. The quantitative estimate of drug-likeness (QED) is 0.518. The molecule has 3 aromatic carbocycles. The summed E-state index contributed by atoms with van der Waals surface area (Å²) in [6.45, 7) is 0. The predicted octanol–water partition coefficient (Wildman–Crippen LogP) is 2.33. The summed E-state index contributed by atoms with van der Waals surface area (Å²) < 4.78 is 0. The van der Waals surface area contributed by atoms with E-state index in [1.807, 2.05) is 36.4 Å². The lowest BCUT2D eigenvalue weighted by Gasteiger charge is -2.07. The van der Waals surface area contributed by atoms with E-state index in [0.717, 1.165) is 21.5 Å². The first-order chi connectivity index (χ1) is 8.65. The molecule has 0 fully saturated rings. The van der Waals surface area contributed by atoms with E-state index in [0.29, 0.717) is 10.5 Å². The van der Waals surface area contributed by atoms with Gasteiger partial charge in [0, 0.05) is 5.02 Å². The summed E-state index contributed by atoms with van der Waals surface area (Å²) in [6.07, 6.45) is 0. The third-order valence-corrected chi connectivity index (χ3v) is 3.36. The first kappa shape index (κ1) is 11.5. The lowest BCUT2D eigenvalue weighted by atomic mass is 9.79. The van der Waals surface area contributed by atoms with Gasteiger partial charge in [-0.1, -0.05) is 48.0 Å². The number of fused-ring (bicyclic) bond motifs is 3. The minimum atomic E-state index is -1.45. The van der Waals surface area contributed by atoms with E-state index in [-0.39, 0.29) is 0 Å². The zero-order valence-electron chi connectivity index (χ0n) is 9.47. The molecule has 2 N–H and O–H groups in total. The molecule has 0 bridgehead atoms. The Bertz CT molecular complexity index is 740. The Morgan fingerprint density at radius 3 is 2.00 bits per heavy atom. The Hall–Kier alpha value is -1.55. The minimum Gasteiger partial charge on any atom is -0.423 e. The summed E-state index contributed by atoms with van der Waals surface area (Å²) in [5.74, 6) is 0. The van der Waals surface area contributed by atoms with Crippen molar-refractivity contribution in [3.05, 3.63) is 53.6 Å². The standard InChI is InChI=1S/C14H10BClO2/c16-12-6-4-10-2-1-9-3-5-11(15(17)18)7-13(9)14(10)8-12/h1-8,17-18H. The Kier molecular flexibility index (Phi) is 2.75. The van der Waals surface area contributed by atoms with Crippen LogP contribution in [0, 0.1) is 0 Å². The maximum absolute atomic E-state index is 9.24. The molecule has 0 heterocycles. The summed E-state index contributed by atoms with van der Waals surface area (Å²) in [7, 11) is -1.45. The maximum Gasteiger partial charge on any atom is 0.488 e. The normalized spacial score (nSPS) is 11.1. The summed E-state index contributed by atoms with van der Waals surface area (Å²) in [6, 6.07) is 15.1. The fourth-order valence-corrected chi connectivity index (χ4v) is 2.37. The molecular weight excluding hydrogens is 246 g/mol. The zero-order chi connectivity index (χ0) is 12.7. The van der Waals surface area contributed by atoms with E-state index < -0.39 is 7.12 Å². The average Bonchev–Trinajstić information content (AvgIpc) is 2.37. The Morgan fingerprint density at radius 1 is 0.778 bits per heavy atom. The fourth-order valence-electron chi connectivity index (χ4n) is 2.20. The smallest absolute Gasteiger partial charge is 0.423 e. The van der Waals surface area contributed by atoms with Gasteiger partial charge in [-0.2, -0.15) is 0 Å². The van der Waals surface area contributed by atoms with E-state index in [1.54, 1.807) is 12.1 Å². The van der Waals surface area contributed by atoms with E-state index in [9.17, 15) is 10.0 Å². The zero-order valence-corrected chi connectivity index (χ0v) is 10.2. The van der Waals surface area contributed by atoms with Crippen LogP contribution in [-0.2, 0) is 0 Å². The Morgan fingerprint density at radius 2 is 1.33 bits per heavy atom. The van der Waals surface area contributed by atoms with Gasteiger partial charge in [-0.05, 0) is 39.1 Å². The number of hydrogen-bond acceptors (Lipinski definition) is 2. The van der Waals surface area contributed by atoms with Crippen molar-refractivity contribution in [1.29, 1.82) is 0 Å². The molecule has 0 saturated carbocycles. The van der Waals surface area contributed by atoms with Gasteiger partial charge in [0.05, 0.1) is 0 Å². The molecule has 0 saturated heterocycles. The van der Waals surface area contributed by atoms with Crippen LogP contribution in [0.5, 0.6) is 0 Å². The molecule has 0 aliphatic heterocycles. The second kappa shape index (κ2) is 4.28. The molecule has 88 valence electrons. The molecule has 0 radical (unpaired) electrons. The van der Waals surface area contributed by atoms with Crippen LogP contribution in [0.15, 0.2) is 48.5 Å². The van der Waals surface area contributed by atoms with Crippen LogP contribution < -0.4 is 5.46 Å². The number of halogens is 1. The second-order valence-electron chi connectivity index (χ2n) is 4.29. The molecule has 3 rings (SSSR count). The minimum absolute atomic E-state index is 0.481. The highest BCUT2D eigenvalue weighted by molar-refractivity contribution is 6.59. The summed E-state index contributed by atoms with van der Waals surface area (Å²) >= 11 is 6.02. The van der Waals surface area contributed by atoms with Gasteiger partial charge in [-0.15, -0.1) is 0 Å². The highest BCUT2D eigenvalue weighted by Crippen LogP contribution is 2.27. The van der Waals surface area contributed by atoms with Crippen LogP contribution in [0.25, 0.3) is 21.5 Å². The maximum atomic E-state index is 9.24. The largest absolute Gasteiger partial charge is 0.488 e. The van der Waals surface area contributed by atoms with Crippen molar-refractivity contribution >= 4 is 45.7 Å². The second-order valence-corrected chi connectivity index (χ2v) is 4.72. The van der Waals surface area contributed by atoms with Gasteiger partial charge < -0.3 is 10.0 Å². The van der Waals surface area contributed by atoms with Crippen LogP contribution in [0.2, 0.25) is 5.02 Å². The monoisotopic (exact) mass is 256 g/mol. The lowest BCUT2D eigenvalue weighted by molar-refractivity contribution is 0.426. The Balaban J connectivity index is 2.42. The molecular formula is C14H10BClO2. The lowest BCUT2D eigenvalue weighted by Crippen LogP contribution is -2.29. The molecule has 0 aliphatic rings. The van der Waals surface area contributed by atoms with Gasteiger partial charge >= 0.3 is 7.12 Å². The first-order valence-electron chi connectivity index (χ1n) is 5.63. The number of benzene rings is 3. The molecule has 4 heteroatoms. The number of hydrogen-bond donors (Lipinski definition) is 2. The van der Waals surface area contributed by atoms with Crippen molar-refractivity contribution in [3.63, 3.8) is 0 Å². The topological polar surface area (TPSA) is 40.5 Å². The van der Waals surface area contributed by atoms with Crippen LogP contribution in [-0.4, -0.2) is 17.2 Å². The summed E-state index contributed by atoms with van der Waals surface area (Å²) in [5.41, 5.74) is 0.481. The SMILES string of the molecule is OB(O)c1ccc2ccc3ccc(Cl)cc3c2c1. The van der Waals surface area contributed by atoms with Crippen LogP contribution in [0.4, 0.5) is 0 Å². The van der Waals surface area contributed by atoms with E-state index in [2.05, 4.69) is 0 Å². The fraction of sp³-hybridized carbons (Fsp3) is 0. The van der Waals surface area contributed by atoms with E-state index in [4.69, 9.17) is 11.6 Å². The van der Waals surface area contributed by atoms with Gasteiger partial charge in [0.15, 0.2) is 0 Å². The Labute approximate surface area is 110 Å². The molecule has 0 aromatic heterocycles. The molecule has 0 atom stereocenters. The van der Waals surface area contributed by atoms with Gasteiger partial charge in [0.2, 0.25) is 0 Å². The molecule has 2 nitrogen and oxygen atoms in total. The third-order valence-electron chi connectivity index (χ3n) is 3.12. The third kappa shape index (κ3) is 1.87. The molecule has 0 unspecified atom stereocenters. The molecule has 0 aliphatic carbocycles. The van der Waals surface area contributed by atoms with Crippen molar-refractivity contribution < 1.29 is 10.0 Å². The van der Waals surface area contributed by atoms with Gasteiger partial charge in [0.25, 0.3) is 0 Å². The molecule has 0 spiro atoms. The van der Waals surface area contributed by atoms with Gasteiger partial charge in [-0.3, -0.25) is 0 Å². The van der Waals surface area contributed by atoms with Gasteiger partial charge in [-0.25, -0.2) is 0 Å². The van der Waals surface area contributed by atoms with Crippen molar-refractivity contribution in [2.24, 2.45) is 0 Å². The van der Waals surface area contributed by atoms with Crippen LogP contribution in [0.1, 0.15) is 0 Å². The average molecular weight is 256 g/mol. The number of rotatable bonds is 1. The molecule has 0 amide bonds. The van der Waals surface area contributed by atoms with Crippen molar-refractivity contribution in [1.82, 2.24) is 0 Å². The van der Waals surface area contributed by atoms with E-state index in [1.165, 1.54) is 0 Å². The van der Waals surface area contributed by atoms with Crippen molar-refractivity contribution in [2.45, 2.75) is 0 Å². The highest BCUT2D eigenvalue weighted by atomic mass is 35.5. The highest BCUT2D eigenvalue weighted by Gasteiger charge is 2.11.